The fourth-order valence-electron chi connectivity index (χ4n) is 6.65. The summed E-state index contributed by atoms with van der Waals surface area (Å²) < 4.78 is 2.22. The first-order valence-corrected chi connectivity index (χ1v) is 12.8. The third kappa shape index (κ3) is 4.24. The summed E-state index contributed by atoms with van der Waals surface area (Å²) >= 11 is 0. The molecule has 1 aromatic heterocycles. The van der Waals surface area contributed by atoms with E-state index >= 15 is 0 Å². The lowest BCUT2D eigenvalue weighted by Gasteiger charge is -2.32. The van der Waals surface area contributed by atoms with Crippen molar-refractivity contribution in [2.75, 3.05) is 0 Å². The monoisotopic (exact) mass is 436 g/mol. The lowest BCUT2D eigenvalue weighted by Crippen LogP contribution is -2.97. The van der Waals surface area contributed by atoms with E-state index in [-0.39, 0.29) is 17.4 Å². The molecule has 2 saturated heterocycles. The van der Waals surface area contributed by atoms with Crippen molar-refractivity contribution in [3.8, 4) is 0 Å². The molecule has 3 N–H and O–H groups in total. The lowest BCUT2D eigenvalue weighted by atomic mass is 9.89. The predicted octanol–water partition coefficient (Wildman–Crippen LogP) is 3.77. The summed E-state index contributed by atoms with van der Waals surface area (Å²) in [5, 5.41) is 6.50. The molecule has 5 rings (SSSR count). The van der Waals surface area contributed by atoms with Gasteiger partial charge in [0, 0.05) is 49.4 Å². The molecule has 2 aliphatic heterocycles. The quantitative estimate of drug-likeness (QED) is 0.769. The highest BCUT2D eigenvalue weighted by Gasteiger charge is 2.38. The highest BCUT2D eigenvalue weighted by molar-refractivity contribution is 5.97. The Labute approximate surface area is 191 Å². The van der Waals surface area contributed by atoms with Gasteiger partial charge >= 0.3 is 0 Å². The molecule has 4 atom stereocenters. The van der Waals surface area contributed by atoms with Crippen molar-refractivity contribution in [1.82, 2.24) is 9.88 Å². The van der Waals surface area contributed by atoms with Gasteiger partial charge in [0.1, 0.15) is 5.56 Å². The summed E-state index contributed by atoms with van der Waals surface area (Å²) in [7, 11) is 0. The number of pyridine rings is 1. The molecule has 2 bridgehead atoms. The van der Waals surface area contributed by atoms with E-state index in [1.54, 1.807) is 0 Å². The van der Waals surface area contributed by atoms with Crippen LogP contribution in [0.5, 0.6) is 0 Å². The third-order valence-electron chi connectivity index (χ3n) is 8.53. The number of piperidine rings is 1. The lowest BCUT2D eigenvalue weighted by molar-refractivity contribution is -0.730. The molecule has 172 valence electrons. The third-order valence-corrected chi connectivity index (χ3v) is 8.53. The maximum atomic E-state index is 13.4. The molecule has 32 heavy (non-hydrogen) atoms. The molecule has 4 unspecified atom stereocenters. The number of nitrogens with zero attached hydrogens (tertiary/aromatic N) is 1. The first-order chi connectivity index (χ1) is 15.5. The maximum absolute atomic E-state index is 13.4. The fourth-order valence-corrected chi connectivity index (χ4v) is 6.65. The number of hydrogen-bond acceptors (Lipinski definition) is 2. The van der Waals surface area contributed by atoms with Crippen LogP contribution >= 0.6 is 0 Å². The highest BCUT2D eigenvalue weighted by Crippen LogP contribution is 2.31. The second-order valence-electron chi connectivity index (χ2n) is 10.9. The Morgan fingerprint density at radius 2 is 1.62 bits per heavy atom. The summed E-state index contributed by atoms with van der Waals surface area (Å²) in [6.07, 6.45) is 12.2. The van der Waals surface area contributed by atoms with Crippen molar-refractivity contribution >= 4 is 16.8 Å². The Morgan fingerprint density at radius 1 is 0.969 bits per heavy atom. The number of hydrogen-bond donors (Lipinski definition) is 2. The van der Waals surface area contributed by atoms with Crippen LogP contribution in [0.1, 0.15) is 88.0 Å². The number of fused-ring (bicyclic) bond motifs is 3. The normalized spacial score (nSPS) is 31.2. The molecule has 2 aromatic rings. The molecular weight excluding hydrogens is 398 g/mol. The van der Waals surface area contributed by atoms with Crippen molar-refractivity contribution in [3.63, 3.8) is 0 Å². The van der Waals surface area contributed by atoms with Crippen LogP contribution < -0.4 is 16.1 Å². The fraction of sp³-hybridized carbons (Fsp3) is 0.630. The Bertz CT molecular complexity index is 1020. The van der Waals surface area contributed by atoms with E-state index in [0.29, 0.717) is 29.1 Å². The number of rotatable bonds is 3. The Hall–Kier alpha value is -2.14. The Morgan fingerprint density at radius 3 is 2.31 bits per heavy atom. The molecule has 0 radical (unpaired) electrons. The van der Waals surface area contributed by atoms with Crippen molar-refractivity contribution in [2.24, 2.45) is 11.8 Å². The number of amides is 1. The van der Waals surface area contributed by atoms with Crippen LogP contribution in [0.3, 0.4) is 0 Å². The van der Waals surface area contributed by atoms with Crippen molar-refractivity contribution < 1.29 is 10.1 Å². The van der Waals surface area contributed by atoms with Crippen LogP contribution in [-0.2, 0) is 0 Å². The summed E-state index contributed by atoms with van der Waals surface area (Å²) in [4.78, 5) is 26.7. The largest absolute Gasteiger partial charge is 0.349 e. The number of para-hydroxylation sites is 1. The van der Waals surface area contributed by atoms with E-state index in [2.05, 4.69) is 29.0 Å². The minimum atomic E-state index is -0.185. The molecule has 0 spiro atoms. The van der Waals surface area contributed by atoms with Gasteiger partial charge in [0.05, 0.1) is 17.6 Å². The number of carbonyl (C=O) groups excluding carboxylic acids is 1. The number of carbonyl (C=O) groups is 1. The van der Waals surface area contributed by atoms with E-state index in [0.717, 1.165) is 43.0 Å². The van der Waals surface area contributed by atoms with Gasteiger partial charge in [-0.25, -0.2) is 0 Å². The molecule has 3 fully saturated rings. The molecule has 3 heterocycles. The van der Waals surface area contributed by atoms with E-state index in [9.17, 15) is 9.59 Å². The van der Waals surface area contributed by atoms with Crippen molar-refractivity contribution in [1.29, 1.82) is 0 Å². The zero-order chi connectivity index (χ0) is 22.2. The van der Waals surface area contributed by atoms with Gasteiger partial charge in [0.25, 0.3) is 5.91 Å². The van der Waals surface area contributed by atoms with Gasteiger partial charge in [-0.15, -0.1) is 0 Å². The van der Waals surface area contributed by atoms with Gasteiger partial charge in [-0.1, -0.05) is 45.2 Å². The van der Waals surface area contributed by atoms with E-state index in [4.69, 9.17) is 0 Å². The number of nitrogens with two attached hydrogens (primary N) is 1. The minimum absolute atomic E-state index is 0.132. The Kier molecular flexibility index (Phi) is 6.11. The summed E-state index contributed by atoms with van der Waals surface area (Å²) in [6, 6.07) is 9.48. The molecule has 1 aliphatic carbocycles. The second-order valence-corrected chi connectivity index (χ2v) is 10.9. The predicted molar refractivity (Wildman–Crippen MR) is 128 cm³/mol. The number of quaternary nitrogens is 1. The summed E-state index contributed by atoms with van der Waals surface area (Å²) in [5.41, 5.74) is 1.14. The highest BCUT2D eigenvalue weighted by atomic mass is 16.2. The van der Waals surface area contributed by atoms with Crippen LogP contribution in [0, 0.1) is 11.8 Å². The summed E-state index contributed by atoms with van der Waals surface area (Å²) in [5.74, 6) is 1.29. The van der Waals surface area contributed by atoms with Crippen LogP contribution in [0.25, 0.3) is 10.9 Å². The number of aromatic nitrogens is 1. The number of nitrogens with one attached hydrogen (secondary N) is 1. The van der Waals surface area contributed by atoms with Gasteiger partial charge in [0.2, 0.25) is 5.43 Å². The zero-order valence-electron chi connectivity index (χ0n) is 19.6. The van der Waals surface area contributed by atoms with E-state index < -0.39 is 0 Å². The van der Waals surface area contributed by atoms with Gasteiger partial charge < -0.3 is 15.2 Å². The first kappa shape index (κ1) is 21.7. The average Bonchev–Trinajstić information content (AvgIpc) is 2.89. The van der Waals surface area contributed by atoms with Gasteiger partial charge in [-0.2, -0.15) is 0 Å². The molecule has 1 amide bonds. The molecule has 3 aliphatic rings. The molecular formula is C27H38N3O2+. The first-order valence-electron chi connectivity index (χ1n) is 12.8. The topological polar surface area (TPSA) is 67.7 Å². The minimum Gasteiger partial charge on any atom is -0.349 e. The standard InChI is InChI=1S/C27H37N3O2/c1-17-12-19-14-21(15-20(28-19)13-18(17)2)29-27(32)24-16-30(22-8-4-3-5-9-22)25-11-7-6-10-23(25)26(24)31/h6-7,10-11,16-22,28H,3-5,8-9,12-15H2,1-2H3,(H,29,32)/p+1. The smallest absolute Gasteiger partial charge is 0.256 e. The van der Waals surface area contributed by atoms with Crippen molar-refractivity contribution in [2.45, 2.75) is 95.8 Å². The van der Waals surface area contributed by atoms with Crippen LogP contribution in [0.15, 0.2) is 35.3 Å². The average molecular weight is 437 g/mol. The van der Waals surface area contributed by atoms with Crippen molar-refractivity contribution in [3.05, 3.63) is 46.2 Å². The van der Waals surface area contributed by atoms with Crippen LogP contribution in [0.2, 0.25) is 0 Å². The van der Waals surface area contributed by atoms with Crippen LogP contribution in [-0.4, -0.2) is 28.6 Å². The molecule has 1 aromatic carbocycles. The molecule has 5 heteroatoms. The van der Waals surface area contributed by atoms with E-state index in [1.807, 2.05) is 30.5 Å². The van der Waals surface area contributed by atoms with E-state index in [1.165, 1.54) is 32.1 Å². The maximum Gasteiger partial charge on any atom is 0.256 e. The molecule has 1 saturated carbocycles. The second kappa shape index (κ2) is 9.01. The number of benzene rings is 1. The summed E-state index contributed by atoms with van der Waals surface area (Å²) in [6.45, 7) is 4.74. The van der Waals surface area contributed by atoms with Gasteiger partial charge in [0.15, 0.2) is 0 Å². The van der Waals surface area contributed by atoms with Gasteiger partial charge in [-0.05, 0) is 36.8 Å². The van der Waals surface area contributed by atoms with Crippen LogP contribution in [0.4, 0.5) is 0 Å². The Balaban J connectivity index is 1.42. The zero-order valence-corrected chi connectivity index (χ0v) is 19.6. The van der Waals surface area contributed by atoms with Gasteiger partial charge in [-0.3, -0.25) is 9.59 Å². The SMILES string of the molecule is CC1CC2CC(NC(=O)c3cn(C4CCCCC4)c4ccccc4c3=O)CC(CC1C)[NH2+]2. The molecule has 5 nitrogen and oxygen atoms in total.